The average Bonchev–Trinajstić information content (AvgIpc) is 2.69. The van der Waals surface area contributed by atoms with E-state index >= 15 is 0 Å². The van der Waals surface area contributed by atoms with Gasteiger partial charge in [-0.2, -0.15) is 0 Å². The molecule has 3 N–H and O–H groups in total. The van der Waals surface area contributed by atoms with Crippen molar-refractivity contribution in [1.29, 1.82) is 0 Å². The molecule has 1 heterocycles. The number of primary amides is 1. The lowest BCUT2D eigenvalue weighted by atomic mass is 9.77. The molecular formula is C17H33N3O. The van der Waals surface area contributed by atoms with Gasteiger partial charge in [-0.3, -0.25) is 4.79 Å². The number of amides is 1. The summed E-state index contributed by atoms with van der Waals surface area (Å²) in [7, 11) is 1.87. The summed E-state index contributed by atoms with van der Waals surface area (Å²) in [6.45, 7) is 9.44. The molecule has 3 unspecified atom stereocenters. The van der Waals surface area contributed by atoms with Crippen molar-refractivity contribution in [3.63, 3.8) is 0 Å². The second-order valence-electron chi connectivity index (χ2n) is 8.12. The number of hydrogen-bond acceptors (Lipinski definition) is 3. The molecule has 2 rings (SSSR count). The van der Waals surface area contributed by atoms with Crippen LogP contribution in [-0.2, 0) is 4.79 Å². The Labute approximate surface area is 129 Å². The molecule has 1 saturated carbocycles. The van der Waals surface area contributed by atoms with E-state index in [-0.39, 0.29) is 5.91 Å². The molecule has 3 atom stereocenters. The molecule has 0 spiro atoms. The minimum absolute atomic E-state index is 0.185. The van der Waals surface area contributed by atoms with Crippen LogP contribution in [0.5, 0.6) is 0 Å². The molecule has 4 heteroatoms. The molecule has 0 radical (unpaired) electrons. The van der Waals surface area contributed by atoms with Crippen LogP contribution in [0.15, 0.2) is 0 Å². The van der Waals surface area contributed by atoms with E-state index in [0.717, 1.165) is 25.2 Å². The first-order valence-corrected chi connectivity index (χ1v) is 8.51. The Morgan fingerprint density at radius 1 is 1.24 bits per heavy atom. The highest BCUT2D eigenvalue weighted by atomic mass is 16.1. The van der Waals surface area contributed by atoms with Gasteiger partial charge in [0.2, 0.25) is 5.91 Å². The van der Waals surface area contributed by atoms with E-state index in [9.17, 15) is 4.79 Å². The molecule has 1 amide bonds. The molecule has 2 fully saturated rings. The Kier molecular flexibility index (Phi) is 4.99. The Bertz CT molecular complexity index is 377. The van der Waals surface area contributed by atoms with Crippen LogP contribution in [0.3, 0.4) is 0 Å². The maximum Gasteiger partial charge on any atom is 0.237 e. The van der Waals surface area contributed by atoms with Gasteiger partial charge in [-0.15, -0.1) is 0 Å². The van der Waals surface area contributed by atoms with Crippen molar-refractivity contribution in [2.45, 2.75) is 70.9 Å². The number of likely N-dealkylation sites (N-methyl/N-ethyl adjacent to an activating group) is 1. The Hall–Kier alpha value is -0.610. The smallest absolute Gasteiger partial charge is 0.237 e. The highest BCUT2D eigenvalue weighted by Crippen LogP contribution is 2.38. The first-order valence-electron chi connectivity index (χ1n) is 8.51. The molecule has 1 saturated heterocycles. The van der Waals surface area contributed by atoms with Crippen molar-refractivity contribution in [2.75, 3.05) is 20.1 Å². The standard InChI is InChI=1S/C17H33N3O/c1-16(2,3)13-6-5-10-20(11-8-13)14-7-9-17(12-14,19-4)15(18)21/h13-14,19H,5-12H2,1-4H3,(H2,18,21). The molecule has 2 aliphatic rings. The third-order valence-corrected chi connectivity index (χ3v) is 5.94. The van der Waals surface area contributed by atoms with Gasteiger partial charge >= 0.3 is 0 Å². The molecule has 4 nitrogen and oxygen atoms in total. The van der Waals surface area contributed by atoms with Gasteiger partial charge < -0.3 is 16.0 Å². The Morgan fingerprint density at radius 3 is 2.48 bits per heavy atom. The normalized spacial score (nSPS) is 35.6. The fourth-order valence-electron chi connectivity index (χ4n) is 4.25. The number of carbonyl (C=O) groups is 1. The summed E-state index contributed by atoms with van der Waals surface area (Å²) in [6, 6.07) is 0.517. The summed E-state index contributed by atoms with van der Waals surface area (Å²) in [6.07, 6.45) is 6.73. The second-order valence-corrected chi connectivity index (χ2v) is 8.12. The van der Waals surface area contributed by atoms with Crippen molar-refractivity contribution < 1.29 is 4.79 Å². The van der Waals surface area contributed by atoms with Gasteiger partial charge in [-0.05, 0) is 70.0 Å². The van der Waals surface area contributed by atoms with E-state index in [2.05, 4.69) is 31.0 Å². The van der Waals surface area contributed by atoms with E-state index in [0.29, 0.717) is 11.5 Å². The third kappa shape index (κ3) is 3.59. The van der Waals surface area contributed by atoms with Gasteiger partial charge in [0, 0.05) is 6.04 Å². The number of hydrogen-bond donors (Lipinski definition) is 2. The van der Waals surface area contributed by atoms with Gasteiger partial charge in [-0.25, -0.2) is 0 Å². The number of nitrogens with zero attached hydrogens (tertiary/aromatic N) is 1. The molecule has 0 aromatic heterocycles. The quantitative estimate of drug-likeness (QED) is 0.838. The predicted octanol–water partition coefficient (Wildman–Crippen LogP) is 2.13. The van der Waals surface area contributed by atoms with Crippen LogP contribution in [0.25, 0.3) is 0 Å². The fraction of sp³-hybridized carbons (Fsp3) is 0.941. The van der Waals surface area contributed by atoms with Crippen molar-refractivity contribution in [3.05, 3.63) is 0 Å². The lowest BCUT2D eigenvalue weighted by Gasteiger charge is -2.32. The zero-order valence-corrected chi connectivity index (χ0v) is 14.2. The van der Waals surface area contributed by atoms with Crippen molar-refractivity contribution in [1.82, 2.24) is 10.2 Å². The zero-order chi connectivity index (χ0) is 15.7. The average molecular weight is 295 g/mol. The molecule has 1 aliphatic carbocycles. The lowest BCUT2D eigenvalue weighted by Crippen LogP contribution is -2.53. The number of carbonyl (C=O) groups excluding carboxylic acids is 1. The monoisotopic (exact) mass is 295 g/mol. The number of likely N-dealkylation sites (tertiary alicyclic amines) is 1. The maximum absolute atomic E-state index is 11.8. The third-order valence-electron chi connectivity index (χ3n) is 5.94. The second kappa shape index (κ2) is 6.25. The number of rotatable bonds is 3. The minimum atomic E-state index is -0.472. The van der Waals surface area contributed by atoms with Crippen LogP contribution in [0.2, 0.25) is 0 Å². The van der Waals surface area contributed by atoms with Crippen LogP contribution < -0.4 is 11.1 Å². The molecule has 0 bridgehead atoms. The van der Waals surface area contributed by atoms with E-state index < -0.39 is 5.54 Å². The van der Waals surface area contributed by atoms with Crippen molar-refractivity contribution >= 4 is 5.91 Å². The predicted molar refractivity (Wildman–Crippen MR) is 87.0 cm³/mol. The molecule has 21 heavy (non-hydrogen) atoms. The molecular weight excluding hydrogens is 262 g/mol. The Morgan fingerprint density at radius 2 is 1.95 bits per heavy atom. The molecule has 0 aromatic rings. The number of nitrogens with one attached hydrogen (secondary N) is 1. The van der Waals surface area contributed by atoms with Crippen LogP contribution in [-0.4, -0.2) is 42.5 Å². The van der Waals surface area contributed by atoms with Gasteiger partial charge in [0.15, 0.2) is 0 Å². The van der Waals surface area contributed by atoms with Crippen molar-refractivity contribution in [2.24, 2.45) is 17.1 Å². The summed E-state index contributed by atoms with van der Waals surface area (Å²) in [5, 5.41) is 3.19. The first-order chi connectivity index (χ1) is 9.78. The largest absolute Gasteiger partial charge is 0.368 e. The van der Waals surface area contributed by atoms with E-state index in [1.165, 1.54) is 32.4 Å². The zero-order valence-electron chi connectivity index (χ0n) is 14.2. The van der Waals surface area contributed by atoms with Gasteiger partial charge in [0.25, 0.3) is 0 Å². The van der Waals surface area contributed by atoms with Gasteiger partial charge in [0.1, 0.15) is 0 Å². The summed E-state index contributed by atoms with van der Waals surface area (Å²) in [5.74, 6) is 0.629. The van der Waals surface area contributed by atoms with Gasteiger partial charge in [-0.1, -0.05) is 20.8 Å². The highest BCUT2D eigenvalue weighted by Gasteiger charge is 2.44. The first kappa shape index (κ1) is 16.8. The molecule has 0 aromatic carbocycles. The summed E-state index contributed by atoms with van der Waals surface area (Å²) in [5.41, 5.74) is 5.56. The van der Waals surface area contributed by atoms with Crippen LogP contribution in [0.1, 0.15) is 59.3 Å². The van der Waals surface area contributed by atoms with Crippen LogP contribution in [0.4, 0.5) is 0 Å². The lowest BCUT2D eigenvalue weighted by molar-refractivity contribution is -0.124. The summed E-state index contributed by atoms with van der Waals surface area (Å²) in [4.78, 5) is 14.4. The van der Waals surface area contributed by atoms with Crippen LogP contribution >= 0.6 is 0 Å². The maximum atomic E-state index is 11.8. The van der Waals surface area contributed by atoms with Crippen molar-refractivity contribution in [3.8, 4) is 0 Å². The topological polar surface area (TPSA) is 58.4 Å². The Balaban J connectivity index is 1.97. The number of nitrogens with two attached hydrogens (primary N) is 1. The minimum Gasteiger partial charge on any atom is -0.368 e. The SMILES string of the molecule is CNC1(C(N)=O)CCC(N2CCCC(C(C)(C)C)CC2)C1. The summed E-state index contributed by atoms with van der Waals surface area (Å²) < 4.78 is 0. The summed E-state index contributed by atoms with van der Waals surface area (Å²) >= 11 is 0. The molecule has 122 valence electrons. The van der Waals surface area contributed by atoms with E-state index in [1.54, 1.807) is 0 Å². The van der Waals surface area contributed by atoms with E-state index in [1.807, 2.05) is 7.05 Å². The van der Waals surface area contributed by atoms with Crippen LogP contribution in [0, 0.1) is 11.3 Å². The fourth-order valence-corrected chi connectivity index (χ4v) is 4.25. The van der Waals surface area contributed by atoms with E-state index in [4.69, 9.17) is 5.73 Å². The van der Waals surface area contributed by atoms with Gasteiger partial charge in [0.05, 0.1) is 5.54 Å². The molecule has 1 aliphatic heterocycles. The highest BCUT2D eigenvalue weighted by molar-refractivity contribution is 5.85.